The zero-order valence-corrected chi connectivity index (χ0v) is 10.4. The first kappa shape index (κ1) is 12.9. The fraction of sp³-hybridized carbons (Fsp3) is 0. The van der Waals surface area contributed by atoms with Gasteiger partial charge in [-0.3, -0.25) is 9.59 Å². The van der Waals surface area contributed by atoms with E-state index in [2.05, 4.69) is 10.3 Å². The number of H-pyrrole nitrogens is 1. The summed E-state index contributed by atoms with van der Waals surface area (Å²) in [4.78, 5) is 25.2. The van der Waals surface area contributed by atoms with Crippen LogP contribution in [0.1, 0.15) is 15.9 Å². The summed E-state index contributed by atoms with van der Waals surface area (Å²) in [6.07, 6.45) is 1.31. The van der Waals surface area contributed by atoms with Crippen molar-refractivity contribution >= 4 is 23.2 Å². The lowest BCUT2D eigenvalue weighted by molar-refractivity contribution is 0.102. The van der Waals surface area contributed by atoms with Crippen LogP contribution in [-0.2, 0) is 0 Å². The molecule has 0 spiro atoms. The summed E-state index contributed by atoms with van der Waals surface area (Å²) >= 11 is 5.93. The van der Waals surface area contributed by atoms with Gasteiger partial charge in [-0.2, -0.15) is 5.26 Å². The molecule has 94 valence electrons. The first-order valence-corrected chi connectivity index (χ1v) is 5.67. The highest BCUT2D eigenvalue weighted by Crippen LogP contribution is 2.23. The molecule has 1 aromatic heterocycles. The van der Waals surface area contributed by atoms with Crippen molar-refractivity contribution in [3.63, 3.8) is 0 Å². The van der Waals surface area contributed by atoms with E-state index in [0.29, 0.717) is 16.3 Å². The summed E-state index contributed by atoms with van der Waals surface area (Å²) in [6, 6.07) is 9.17. The average Bonchev–Trinajstić information content (AvgIpc) is 2.42. The van der Waals surface area contributed by atoms with Crippen molar-refractivity contribution in [1.29, 1.82) is 5.26 Å². The summed E-state index contributed by atoms with van der Waals surface area (Å²) in [6.45, 7) is 0. The van der Waals surface area contributed by atoms with E-state index >= 15 is 0 Å². The Labute approximate surface area is 113 Å². The number of hydrogen-bond donors (Lipinski definition) is 2. The van der Waals surface area contributed by atoms with Gasteiger partial charge in [-0.1, -0.05) is 11.6 Å². The molecule has 0 aliphatic heterocycles. The summed E-state index contributed by atoms with van der Waals surface area (Å²) in [5, 5.41) is 11.7. The highest BCUT2D eigenvalue weighted by atomic mass is 35.5. The van der Waals surface area contributed by atoms with Crippen molar-refractivity contribution in [3.8, 4) is 6.07 Å². The quantitative estimate of drug-likeness (QED) is 0.879. The maximum Gasteiger partial charge on any atom is 0.257 e. The molecule has 0 aliphatic carbocycles. The highest BCUT2D eigenvalue weighted by Gasteiger charge is 2.09. The standard InChI is InChI=1S/C13H8ClN3O2/c14-10-3-1-8(6-15)5-11(10)17-13(19)9-2-4-12(18)16-7-9/h1-5,7H,(H,16,18)(H,17,19). The molecule has 0 saturated carbocycles. The van der Waals surface area contributed by atoms with Gasteiger partial charge in [-0.25, -0.2) is 0 Å². The fourth-order valence-corrected chi connectivity index (χ4v) is 1.60. The third-order valence-electron chi connectivity index (χ3n) is 2.39. The number of aromatic amines is 1. The van der Waals surface area contributed by atoms with Crippen LogP contribution in [0.2, 0.25) is 5.02 Å². The molecule has 19 heavy (non-hydrogen) atoms. The Bertz CT molecular complexity index is 711. The number of carbonyl (C=O) groups excluding carboxylic acids is 1. The van der Waals surface area contributed by atoms with Crippen molar-refractivity contribution < 1.29 is 4.79 Å². The number of nitrogens with one attached hydrogen (secondary N) is 2. The van der Waals surface area contributed by atoms with Gasteiger partial charge in [0.15, 0.2) is 0 Å². The zero-order chi connectivity index (χ0) is 13.8. The number of nitriles is 1. The molecule has 0 radical (unpaired) electrons. The van der Waals surface area contributed by atoms with Crippen LogP contribution in [-0.4, -0.2) is 10.9 Å². The Kier molecular flexibility index (Phi) is 3.64. The summed E-state index contributed by atoms with van der Waals surface area (Å²) in [5.41, 5.74) is 0.733. The summed E-state index contributed by atoms with van der Waals surface area (Å²) < 4.78 is 0. The molecule has 5 nitrogen and oxygen atoms in total. The molecule has 0 unspecified atom stereocenters. The van der Waals surface area contributed by atoms with Crippen LogP contribution in [0.3, 0.4) is 0 Å². The minimum Gasteiger partial charge on any atom is -0.328 e. The summed E-state index contributed by atoms with van der Waals surface area (Å²) in [7, 11) is 0. The maximum atomic E-state index is 11.9. The second-order valence-corrected chi connectivity index (χ2v) is 4.11. The number of amides is 1. The van der Waals surface area contributed by atoms with E-state index in [9.17, 15) is 9.59 Å². The molecule has 1 heterocycles. The molecule has 1 amide bonds. The van der Waals surface area contributed by atoms with E-state index in [1.807, 2.05) is 6.07 Å². The van der Waals surface area contributed by atoms with Crippen LogP contribution in [0, 0.1) is 11.3 Å². The second kappa shape index (κ2) is 5.38. The number of benzene rings is 1. The number of rotatable bonds is 2. The molecule has 2 aromatic rings. The number of anilines is 1. The van der Waals surface area contributed by atoms with Gasteiger partial charge in [0.25, 0.3) is 5.91 Å². The minimum atomic E-state index is -0.423. The molecular weight excluding hydrogens is 266 g/mol. The van der Waals surface area contributed by atoms with Crippen LogP contribution in [0.15, 0.2) is 41.3 Å². The van der Waals surface area contributed by atoms with Gasteiger partial charge in [0.05, 0.1) is 27.9 Å². The number of aromatic nitrogens is 1. The predicted octanol–water partition coefficient (Wildman–Crippen LogP) is 2.15. The molecule has 2 N–H and O–H groups in total. The van der Waals surface area contributed by atoms with Gasteiger partial charge in [-0.05, 0) is 24.3 Å². The number of carbonyl (C=O) groups is 1. The molecular formula is C13H8ClN3O2. The van der Waals surface area contributed by atoms with Crippen LogP contribution >= 0.6 is 11.6 Å². The Morgan fingerprint density at radius 1 is 1.32 bits per heavy atom. The van der Waals surface area contributed by atoms with E-state index in [0.717, 1.165) is 0 Å². The second-order valence-electron chi connectivity index (χ2n) is 3.70. The van der Waals surface area contributed by atoms with E-state index in [1.54, 1.807) is 6.07 Å². The largest absolute Gasteiger partial charge is 0.328 e. The fourth-order valence-electron chi connectivity index (χ4n) is 1.44. The lowest BCUT2D eigenvalue weighted by Gasteiger charge is -2.07. The highest BCUT2D eigenvalue weighted by molar-refractivity contribution is 6.34. The van der Waals surface area contributed by atoms with Gasteiger partial charge >= 0.3 is 0 Å². The number of nitrogens with zero attached hydrogens (tertiary/aromatic N) is 1. The Morgan fingerprint density at radius 3 is 2.74 bits per heavy atom. The monoisotopic (exact) mass is 273 g/mol. The van der Waals surface area contributed by atoms with Gasteiger partial charge in [-0.15, -0.1) is 0 Å². The van der Waals surface area contributed by atoms with E-state index in [4.69, 9.17) is 16.9 Å². The number of halogens is 1. The van der Waals surface area contributed by atoms with Crippen molar-refractivity contribution in [3.05, 3.63) is 63.0 Å². The zero-order valence-electron chi connectivity index (χ0n) is 9.61. The van der Waals surface area contributed by atoms with Crippen molar-refractivity contribution in [2.24, 2.45) is 0 Å². The predicted molar refractivity (Wildman–Crippen MR) is 71.2 cm³/mol. The molecule has 0 fully saturated rings. The molecule has 2 rings (SSSR count). The minimum absolute atomic E-state index is 0.290. The normalized spacial score (nSPS) is 9.68. The molecule has 1 aromatic carbocycles. The van der Waals surface area contributed by atoms with E-state index in [-0.39, 0.29) is 11.1 Å². The third kappa shape index (κ3) is 3.00. The van der Waals surface area contributed by atoms with Gasteiger partial charge in [0.2, 0.25) is 5.56 Å². The molecule has 0 aliphatic rings. The van der Waals surface area contributed by atoms with E-state index < -0.39 is 5.91 Å². The first-order valence-electron chi connectivity index (χ1n) is 5.30. The molecule has 0 saturated heterocycles. The molecule has 6 heteroatoms. The lowest BCUT2D eigenvalue weighted by atomic mass is 10.2. The molecule has 0 bridgehead atoms. The Hall–Kier alpha value is -2.58. The maximum absolute atomic E-state index is 11.9. The first-order chi connectivity index (χ1) is 9.10. The smallest absolute Gasteiger partial charge is 0.257 e. The Balaban J connectivity index is 2.26. The van der Waals surface area contributed by atoms with Gasteiger partial charge < -0.3 is 10.3 Å². The van der Waals surface area contributed by atoms with Crippen molar-refractivity contribution in [1.82, 2.24) is 4.98 Å². The van der Waals surface area contributed by atoms with Crippen LogP contribution in [0.25, 0.3) is 0 Å². The number of pyridine rings is 1. The topological polar surface area (TPSA) is 85.8 Å². The number of hydrogen-bond acceptors (Lipinski definition) is 3. The van der Waals surface area contributed by atoms with Crippen LogP contribution < -0.4 is 10.9 Å². The average molecular weight is 274 g/mol. The Morgan fingerprint density at radius 2 is 2.11 bits per heavy atom. The van der Waals surface area contributed by atoms with Gasteiger partial charge in [0.1, 0.15) is 0 Å². The molecule has 0 atom stereocenters. The van der Waals surface area contributed by atoms with Gasteiger partial charge in [0, 0.05) is 12.3 Å². The summed E-state index contributed by atoms with van der Waals surface area (Å²) in [5.74, 6) is -0.423. The van der Waals surface area contributed by atoms with E-state index in [1.165, 1.54) is 30.5 Å². The van der Waals surface area contributed by atoms with Crippen molar-refractivity contribution in [2.45, 2.75) is 0 Å². The van der Waals surface area contributed by atoms with Crippen LogP contribution in [0.4, 0.5) is 5.69 Å². The SMILES string of the molecule is N#Cc1ccc(Cl)c(NC(=O)c2ccc(=O)[nH]c2)c1. The lowest BCUT2D eigenvalue weighted by Crippen LogP contribution is -2.14. The third-order valence-corrected chi connectivity index (χ3v) is 2.72. The van der Waals surface area contributed by atoms with Crippen molar-refractivity contribution in [2.75, 3.05) is 5.32 Å². The van der Waals surface area contributed by atoms with Crippen LogP contribution in [0.5, 0.6) is 0 Å².